The van der Waals surface area contributed by atoms with Crippen LogP contribution in [0.1, 0.15) is 22.9 Å². The Balaban J connectivity index is 1.82. The van der Waals surface area contributed by atoms with Crippen molar-refractivity contribution < 1.29 is 31.9 Å². The second-order valence-electron chi connectivity index (χ2n) is 9.91. The monoisotopic (exact) mass is 529 g/mol. The van der Waals surface area contributed by atoms with Crippen LogP contribution in [0.5, 0.6) is 0 Å². The van der Waals surface area contributed by atoms with E-state index in [1.54, 1.807) is 105 Å². The van der Waals surface area contributed by atoms with E-state index in [1.807, 2.05) is 6.07 Å². The quantitative estimate of drug-likeness (QED) is 0.307. The van der Waals surface area contributed by atoms with E-state index >= 15 is 13.2 Å². The van der Waals surface area contributed by atoms with Crippen molar-refractivity contribution in [2.45, 2.75) is 56.9 Å². The van der Waals surface area contributed by atoms with Gasteiger partial charge in [-0.15, -0.1) is 0 Å². The highest BCUT2D eigenvalue weighted by molar-refractivity contribution is 6.69. The van der Waals surface area contributed by atoms with Gasteiger partial charge in [-0.25, -0.2) is 4.79 Å². The van der Waals surface area contributed by atoms with Crippen molar-refractivity contribution in [3.63, 3.8) is 0 Å². The highest BCUT2D eigenvalue weighted by Crippen LogP contribution is 2.52. The van der Waals surface area contributed by atoms with Gasteiger partial charge in [-0.1, -0.05) is 91.0 Å². The van der Waals surface area contributed by atoms with Gasteiger partial charge in [0.15, 0.2) is 14.5 Å². The fourth-order valence-electron chi connectivity index (χ4n) is 4.44. The van der Waals surface area contributed by atoms with Crippen LogP contribution in [-0.4, -0.2) is 37.3 Å². The van der Waals surface area contributed by atoms with Crippen molar-refractivity contribution in [2.75, 3.05) is 0 Å². The van der Waals surface area contributed by atoms with Crippen LogP contribution in [0.15, 0.2) is 91.0 Å². The van der Waals surface area contributed by atoms with Crippen molar-refractivity contribution in [3.8, 4) is 0 Å². The molecule has 1 amide bonds. The molecule has 0 spiro atoms. The summed E-state index contributed by atoms with van der Waals surface area (Å²) in [6.07, 6.45) is -7.36. The van der Waals surface area contributed by atoms with Crippen molar-refractivity contribution in [1.29, 1.82) is 0 Å². The molecule has 5 nitrogen and oxygen atoms in total. The van der Waals surface area contributed by atoms with E-state index in [9.17, 15) is 4.79 Å². The predicted molar refractivity (Wildman–Crippen MR) is 136 cm³/mol. The zero-order chi connectivity index (χ0) is 26.7. The molecule has 3 atom stereocenters. The van der Waals surface area contributed by atoms with Gasteiger partial charge in [0.1, 0.15) is 12.6 Å². The van der Waals surface area contributed by atoms with E-state index in [0.29, 0.717) is 16.7 Å². The lowest BCUT2D eigenvalue weighted by molar-refractivity contribution is -0.353. The van der Waals surface area contributed by atoms with Gasteiger partial charge in [0.25, 0.3) is 5.79 Å². The first kappa shape index (κ1) is 26.9. The molecule has 0 unspecified atom stereocenters. The third-order valence-corrected chi connectivity index (χ3v) is 6.85. The molecule has 1 aliphatic heterocycles. The molecule has 1 heterocycles. The normalized spacial score (nSPS) is 22.2. The summed E-state index contributed by atoms with van der Waals surface area (Å²) >= 11 is 0. The van der Waals surface area contributed by atoms with E-state index < -0.39 is 38.6 Å². The topological polar surface area (TPSA) is 48.0 Å². The number of carbonyl (C=O) groups is 1. The lowest BCUT2D eigenvalue weighted by Gasteiger charge is -2.40. The first-order valence-corrected chi connectivity index (χ1v) is 15.4. The molecule has 0 bridgehead atoms. The number of hydrogen-bond donors (Lipinski definition) is 0. The third-order valence-electron chi connectivity index (χ3n) is 5.94. The number of nitrogens with zero attached hydrogens (tertiary/aromatic N) is 1. The summed E-state index contributed by atoms with van der Waals surface area (Å²) in [5.41, 5.74) is 1.72. The Morgan fingerprint density at radius 3 is 1.92 bits per heavy atom. The molecule has 1 aliphatic rings. The van der Waals surface area contributed by atoms with Crippen LogP contribution in [0.3, 0.4) is 0 Å². The zero-order valence-electron chi connectivity index (χ0n) is 20.9. The Labute approximate surface area is 215 Å². The maximum absolute atomic E-state index is 15.1. The van der Waals surface area contributed by atoms with Crippen LogP contribution < -0.4 is 0 Å². The largest absolute Gasteiger partial charge is 0.444 e. The van der Waals surface area contributed by atoms with E-state index in [4.69, 9.17) is 13.9 Å². The van der Waals surface area contributed by atoms with Crippen molar-refractivity contribution >= 4 is 14.4 Å². The number of carbonyl (C=O) groups excluding carboxylic acids is 1. The molecule has 37 heavy (non-hydrogen) atoms. The summed E-state index contributed by atoms with van der Waals surface area (Å²) in [5, 5.41) is 0. The van der Waals surface area contributed by atoms with Gasteiger partial charge in [-0.05, 0) is 37.2 Å². The lowest BCUT2D eigenvalue weighted by Crippen LogP contribution is -2.62. The number of halogens is 3. The van der Waals surface area contributed by atoms with Crippen LogP contribution in [0.25, 0.3) is 0 Å². The van der Waals surface area contributed by atoms with E-state index in [1.165, 1.54) is 0 Å². The molecule has 9 heteroatoms. The molecule has 0 saturated carbocycles. The van der Waals surface area contributed by atoms with Gasteiger partial charge in [0.2, 0.25) is 0 Å². The summed E-state index contributed by atoms with van der Waals surface area (Å²) in [6, 6.07) is 24.5. The molecule has 0 aliphatic carbocycles. The van der Waals surface area contributed by atoms with Crippen molar-refractivity contribution in [1.82, 2.24) is 4.90 Å². The van der Waals surface area contributed by atoms with Crippen LogP contribution in [-0.2, 0) is 26.9 Å². The van der Waals surface area contributed by atoms with Crippen molar-refractivity contribution in [3.05, 3.63) is 108 Å². The second kappa shape index (κ2) is 10.7. The molecular weight excluding hydrogens is 499 g/mol. The number of hydrogen-bond acceptors (Lipinski definition) is 4. The number of benzene rings is 3. The average molecular weight is 530 g/mol. The molecule has 0 aromatic heterocycles. The second-order valence-corrected chi connectivity index (χ2v) is 14.3. The summed E-state index contributed by atoms with van der Waals surface area (Å²) in [5.74, 6) is -3.04. The number of alkyl halides is 3. The maximum Gasteiger partial charge on any atom is 0.444 e. The van der Waals surface area contributed by atoms with Crippen LogP contribution in [0.4, 0.5) is 18.0 Å². The highest BCUT2D eigenvalue weighted by atomic mass is 28.4. The lowest BCUT2D eigenvalue weighted by atomic mass is 9.97. The minimum Gasteiger partial charge on any atom is -0.444 e. The van der Waals surface area contributed by atoms with Gasteiger partial charge >= 0.3 is 12.3 Å². The average Bonchev–Trinajstić information content (AvgIpc) is 3.18. The Kier molecular flexibility index (Phi) is 7.77. The van der Waals surface area contributed by atoms with Gasteiger partial charge in [0, 0.05) is 5.56 Å². The Morgan fingerprint density at radius 2 is 1.41 bits per heavy atom. The van der Waals surface area contributed by atoms with E-state index in [2.05, 4.69) is 0 Å². The Bertz CT molecular complexity index is 1170. The first-order valence-electron chi connectivity index (χ1n) is 12.0. The molecule has 1 fully saturated rings. The highest BCUT2D eigenvalue weighted by Gasteiger charge is 2.71. The smallest absolute Gasteiger partial charge is 0.444 e. The van der Waals surface area contributed by atoms with Gasteiger partial charge in [0.05, 0.1) is 0 Å². The number of amides is 1. The van der Waals surface area contributed by atoms with Crippen LogP contribution >= 0.6 is 0 Å². The summed E-state index contributed by atoms with van der Waals surface area (Å²) in [6.45, 7) is 4.90. The Hall–Kier alpha value is -3.14. The van der Waals surface area contributed by atoms with Gasteiger partial charge in [-0.2, -0.15) is 13.2 Å². The molecule has 0 radical (unpaired) electrons. The number of rotatable bonds is 7. The first-order chi connectivity index (χ1) is 17.5. The molecule has 3 aromatic carbocycles. The Morgan fingerprint density at radius 1 is 0.892 bits per heavy atom. The van der Waals surface area contributed by atoms with E-state index in [-0.39, 0.29) is 13.0 Å². The minimum absolute atomic E-state index is 0.0936. The van der Waals surface area contributed by atoms with Gasteiger partial charge < -0.3 is 13.9 Å². The predicted octanol–water partition coefficient (Wildman–Crippen LogP) is 7.08. The summed E-state index contributed by atoms with van der Waals surface area (Å²) in [7, 11) is -2.85. The van der Waals surface area contributed by atoms with Crippen molar-refractivity contribution in [2.24, 2.45) is 0 Å². The minimum atomic E-state index is -4.94. The third kappa shape index (κ3) is 6.06. The standard InChI is InChI=1S/C28H30F3NO4Si/c1-37(2,3)36-27(28(29,30)31)24(19-21-13-7-4-8-14-21)32(25(35-27)23-17-11-6-12-18-23)26(33)34-20-22-15-9-5-10-16-22/h4-18,24-25H,19-20H2,1-3H3/t24-,25-,27-/m0/s1. The molecule has 4 rings (SSSR count). The van der Waals surface area contributed by atoms with Crippen LogP contribution in [0.2, 0.25) is 19.6 Å². The SMILES string of the molecule is C[Si](C)(C)O[C@@]1(C(F)(F)F)O[C@@H](c2ccccc2)N(C(=O)OCc2ccccc2)[C@H]1Cc1ccccc1. The fraction of sp³-hybridized carbons (Fsp3) is 0.321. The molecular formula is C28H30F3NO4Si. The molecule has 196 valence electrons. The zero-order valence-corrected chi connectivity index (χ0v) is 21.9. The van der Waals surface area contributed by atoms with E-state index in [0.717, 1.165) is 4.90 Å². The molecule has 3 aromatic rings. The summed E-state index contributed by atoms with van der Waals surface area (Å²) < 4.78 is 62.5. The maximum atomic E-state index is 15.1. The van der Waals surface area contributed by atoms with Gasteiger partial charge in [-0.3, -0.25) is 4.90 Å². The summed E-state index contributed by atoms with van der Waals surface area (Å²) in [4.78, 5) is 14.6. The molecule has 1 saturated heterocycles. The fourth-order valence-corrected chi connectivity index (χ4v) is 5.65. The number of ether oxygens (including phenoxy) is 2. The molecule has 0 N–H and O–H groups in total. The van der Waals surface area contributed by atoms with Crippen LogP contribution in [0, 0.1) is 0 Å².